The molecule has 3 aromatic rings. The number of nitrogens with one attached hydrogen (secondary N) is 1. The van der Waals surface area contributed by atoms with E-state index in [1.807, 2.05) is 6.07 Å². The summed E-state index contributed by atoms with van der Waals surface area (Å²) in [5, 5.41) is 8.19. The Morgan fingerprint density at radius 1 is 1.19 bits per heavy atom. The van der Waals surface area contributed by atoms with Gasteiger partial charge in [0.2, 0.25) is 6.79 Å². The van der Waals surface area contributed by atoms with Gasteiger partial charge in [-0.25, -0.2) is 4.68 Å². The topological polar surface area (TPSA) is 65.4 Å². The summed E-state index contributed by atoms with van der Waals surface area (Å²) < 4.78 is 12.3. The molecule has 6 nitrogen and oxygen atoms in total. The SMILES string of the molecule is O=C(Nc1ccnn1Cc1ccc(Cl)cc1Cl)c1cccc2c1OCO2. The molecule has 1 N–H and O–H groups in total. The van der Waals surface area contributed by atoms with Gasteiger partial charge in [-0.15, -0.1) is 0 Å². The molecule has 1 aliphatic rings. The zero-order chi connectivity index (χ0) is 18.1. The van der Waals surface area contributed by atoms with E-state index in [-0.39, 0.29) is 12.7 Å². The lowest BCUT2D eigenvalue weighted by molar-refractivity contribution is 0.102. The first-order valence-electron chi connectivity index (χ1n) is 7.77. The second-order valence-corrected chi connectivity index (χ2v) is 6.45. The van der Waals surface area contributed by atoms with E-state index < -0.39 is 0 Å². The Kier molecular flexibility index (Phi) is 4.44. The van der Waals surface area contributed by atoms with E-state index >= 15 is 0 Å². The third-order valence-corrected chi connectivity index (χ3v) is 4.52. The van der Waals surface area contributed by atoms with Crippen molar-refractivity contribution in [2.75, 3.05) is 12.1 Å². The lowest BCUT2D eigenvalue weighted by Crippen LogP contribution is -2.16. The molecule has 8 heteroatoms. The molecule has 2 heterocycles. The summed E-state index contributed by atoms with van der Waals surface area (Å²) in [6.45, 7) is 0.498. The predicted molar refractivity (Wildman–Crippen MR) is 98.3 cm³/mol. The Hall–Kier alpha value is -2.70. The van der Waals surface area contributed by atoms with Crippen LogP contribution < -0.4 is 14.8 Å². The highest BCUT2D eigenvalue weighted by Crippen LogP contribution is 2.35. The molecule has 0 radical (unpaired) electrons. The minimum absolute atomic E-state index is 0.104. The lowest BCUT2D eigenvalue weighted by atomic mass is 10.1. The van der Waals surface area contributed by atoms with Crippen molar-refractivity contribution < 1.29 is 14.3 Å². The normalized spacial score (nSPS) is 12.2. The highest BCUT2D eigenvalue weighted by atomic mass is 35.5. The number of carbonyl (C=O) groups excluding carboxylic acids is 1. The van der Waals surface area contributed by atoms with E-state index in [0.717, 1.165) is 5.56 Å². The molecule has 0 unspecified atom stereocenters. The largest absolute Gasteiger partial charge is 0.454 e. The van der Waals surface area contributed by atoms with Gasteiger partial charge in [0.25, 0.3) is 5.91 Å². The number of amides is 1. The van der Waals surface area contributed by atoms with Crippen molar-refractivity contribution in [1.82, 2.24) is 9.78 Å². The van der Waals surface area contributed by atoms with Crippen LogP contribution in [0, 0.1) is 0 Å². The fourth-order valence-corrected chi connectivity index (χ4v) is 3.14. The number of para-hydroxylation sites is 1. The molecule has 1 aliphatic heterocycles. The van der Waals surface area contributed by atoms with Crippen LogP contribution in [-0.2, 0) is 6.54 Å². The molecule has 26 heavy (non-hydrogen) atoms. The van der Waals surface area contributed by atoms with Gasteiger partial charge in [-0.2, -0.15) is 5.10 Å². The average molecular weight is 390 g/mol. The third-order valence-electron chi connectivity index (χ3n) is 3.93. The maximum Gasteiger partial charge on any atom is 0.260 e. The van der Waals surface area contributed by atoms with E-state index in [2.05, 4.69) is 10.4 Å². The first-order chi connectivity index (χ1) is 12.6. The van der Waals surface area contributed by atoms with Gasteiger partial charge in [0.15, 0.2) is 11.5 Å². The summed E-state index contributed by atoms with van der Waals surface area (Å²) in [5.74, 6) is 1.23. The first kappa shape index (κ1) is 16.8. The van der Waals surface area contributed by atoms with E-state index in [0.29, 0.717) is 39.5 Å². The Balaban J connectivity index is 1.56. The number of hydrogen-bond acceptors (Lipinski definition) is 4. The smallest absolute Gasteiger partial charge is 0.260 e. The summed E-state index contributed by atoms with van der Waals surface area (Å²) in [7, 11) is 0. The summed E-state index contributed by atoms with van der Waals surface area (Å²) in [5.41, 5.74) is 1.24. The maximum absolute atomic E-state index is 12.7. The van der Waals surface area contributed by atoms with Crippen LogP contribution in [0.15, 0.2) is 48.7 Å². The highest BCUT2D eigenvalue weighted by Gasteiger charge is 2.22. The number of ether oxygens (including phenoxy) is 2. The predicted octanol–water partition coefficient (Wildman–Crippen LogP) is 4.22. The number of hydrogen-bond donors (Lipinski definition) is 1. The van der Waals surface area contributed by atoms with Gasteiger partial charge in [-0.1, -0.05) is 35.3 Å². The number of nitrogens with zero attached hydrogens (tertiary/aromatic N) is 2. The van der Waals surface area contributed by atoms with E-state index in [1.54, 1.807) is 47.3 Å². The maximum atomic E-state index is 12.7. The van der Waals surface area contributed by atoms with E-state index in [4.69, 9.17) is 32.7 Å². The summed E-state index contributed by atoms with van der Waals surface area (Å²) in [6, 6.07) is 12.1. The molecule has 0 saturated heterocycles. The Morgan fingerprint density at radius 2 is 2.08 bits per heavy atom. The van der Waals surface area contributed by atoms with Crippen molar-refractivity contribution in [1.29, 1.82) is 0 Å². The molecule has 1 aromatic heterocycles. The molecule has 1 amide bonds. The zero-order valence-corrected chi connectivity index (χ0v) is 14.9. The molecule has 0 atom stereocenters. The van der Waals surface area contributed by atoms with Crippen molar-refractivity contribution in [2.24, 2.45) is 0 Å². The van der Waals surface area contributed by atoms with Crippen LogP contribution in [0.2, 0.25) is 10.0 Å². The fraction of sp³-hybridized carbons (Fsp3) is 0.111. The number of fused-ring (bicyclic) bond motifs is 1. The number of aromatic nitrogens is 2. The quantitative estimate of drug-likeness (QED) is 0.725. The van der Waals surface area contributed by atoms with Crippen LogP contribution in [0.25, 0.3) is 0 Å². The summed E-state index contributed by atoms with van der Waals surface area (Å²) >= 11 is 12.1. The molecule has 4 rings (SSSR count). The third kappa shape index (κ3) is 3.21. The van der Waals surface area contributed by atoms with Crippen molar-refractivity contribution >= 4 is 34.9 Å². The van der Waals surface area contributed by atoms with Gasteiger partial charge in [0.1, 0.15) is 5.82 Å². The molecule has 0 aliphatic carbocycles. The van der Waals surface area contributed by atoms with Gasteiger partial charge in [-0.05, 0) is 29.8 Å². The number of carbonyl (C=O) groups is 1. The van der Waals surface area contributed by atoms with Crippen LogP contribution in [0.4, 0.5) is 5.82 Å². The summed E-state index contributed by atoms with van der Waals surface area (Å²) in [4.78, 5) is 12.7. The Morgan fingerprint density at radius 3 is 2.92 bits per heavy atom. The monoisotopic (exact) mass is 389 g/mol. The molecule has 0 fully saturated rings. The molecular weight excluding hydrogens is 377 g/mol. The minimum atomic E-state index is -0.309. The van der Waals surface area contributed by atoms with Crippen LogP contribution in [0.3, 0.4) is 0 Å². The van der Waals surface area contributed by atoms with Crippen LogP contribution in [0.5, 0.6) is 11.5 Å². The van der Waals surface area contributed by atoms with Crippen molar-refractivity contribution in [3.63, 3.8) is 0 Å². The zero-order valence-electron chi connectivity index (χ0n) is 13.4. The van der Waals surface area contributed by atoms with Crippen molar-refractivity contribution in [2.45, 2.75) is 6.54 Å². The standard InChI is InChI=1S/C18H13Cl2N3O3/c19-12-5-4-11(14(20)8-12)9-23-16(6-7-21-23)22-18(24)13-2-1-3-15-17(13)26-10-25-15/h1-8H,9-10H2,(H,22,24). The molecule has 2 aromatic carbocycles. The average Bonchev–Trinajstić information content (AvgIpc) is 3.26. The van der Waals surface area contributed by atoms with Gasteiger partial charge in [-0.3, -0.25) is 4.79 Å². The number of rotatable bonds is 4. The molecular formula is C18H13Cl2N3O3. The lowest BCUT2D eigenvalue weighted by Gasteiger charge is -2.11. The molecule has 132 valence electrons. The Labute approximate surface area is 159 Å². The number of anilines is 1. The minimum Gasteiger partial charge on any atom is -0.454 e. The molecule has 0 saturated carbocycles. The first-order valence-corrected chi connectivity index (χ1v) is 8.53. The van der Waals surface area contributed by atoms with Gasteiger partial charge in [0, 0.05) is 16.1 Å². The Bertz CT molecular complexity index is 988. The van der Waals surface area contributed by atoms with Crippen LogP contribution in [0.1, 0.15) is 15.9 Å². The second kappa shape index (κ2) is 6.90. The van der Waals surface area contributed by atoms with Gasteiger partial charge >= 0.3 is 0 Å². The van der Waals surface area contributed by atoms with E-state index in [1.165, 1.54) is 0 Å². The van der Waals surface area contributed by atoms with Crippen LogP contribution in [-0.4, -0.2) is 22.5 Å². The summed E-state index contributed by atoms with van der Waals surface area (Å²) in [6.07, 6.45) is 1.61. The molecule has 0 spiro atoms. The second-order valence-electron chi connectivity index (χ2n) is 5.60. The van der Waals surface area contributed by atoms with Crippen molar-refractivity contribution in [3.05, 3.63) is 69.8 Å². The van der Waals surface area contributed by atoms with Crippen LogP contribution >= 0.6 is 23.2 Å². The highest BCUT2D eigenvalue weighted by molar-refractivity contribution is 6.35. The van der Waals surface area contributed by atoms with Crippen molar-refractivity contribution in [3.8, 4) is 11.5 Å². The van der Waals surface area contributed by atoms with Gasteiger partial charge in [0.05, 0.1) is 18.3 Å². The van der Waals surface area contributed by atoms with Gasteiger partial charge < -0.3 is 14.8 Å². The fourth-order valence-electron chi connectivity index (χ4n) is 2.67. The van der Waals surface area contributed by atoms with E-state index in [9.17, 15) is 4.79 Å². The number of halogens is 2. The molecule has 0 bridgehead atoms. The number of benzene rings is 2.